The van der Waals surface area contributed by atoms with E-state index in [1.54, 1.807) is 0 Å². The van der Waals surface area contributed by atoms with Gasteiger partial charge in [-0.1, -0.05) is 32.6 Å². The number of alkyl halides is 1. The van der Waals surface area contributed by atoms with E-state index in [2.05, 4.69) is 13.8 Å². The highest BCUT2D eigenvalue weighted by Gasteiger charge is 2.43. The molecule has 2 atom stereocenters. The summed E-state index contributed by atoms with van der Waals surface area (Å²) < 4.78 is 5.96. The molecule has 0 aromatic heterocycles. The van der Waals surface area contributed by atoms with Crippen LogP contribution in [0.3, 0.4) is 0 Å². The van der Waals surface area contributed by atoms with Crippen molar-refractivity contribution in [3.05, 3.63) is 0 Å². The Morgan fingerprint density at radius 1 is 1.13 bits per heavy atom. The van der Waals surface area contributed by atoms with Crippen LogP contribution in [0.1, 0.15) is 58.8 Å². The highest BCUT2D eigenvalue weighted by atomic mass is 35.5. The van der Waals surface area contributed by atoms with Crippen LogP contribution in [0, 0.1) is 5.41 Å². The van der Waals surface area contributed by atoms with Gasteiger partial charge in [0.15, 0.2) is 0 Å². The molecule has 1 aliphatic rings. The lowest BCUT2D eigenvalue weighted by molar-refractivity contribution is -0.0539. The molecule has 0 heterocycles. The molecule has 15 heavy (non-hydrogen) atoms. The van der Waals surface area contributed by atoms with Gasteiger partial charge in [-0.15, -0.1) is 11.6 Å². The first-order valence-corrected chi connectivity index (χ1v) is 7.54. The van der Waals surface area contributed by atoms with Crippen molar-refractivity contribution in [3.8, 4) is 0 Å². The van der Waals surface area contributed by atoms with E-state index >= 15 is 0 Å². The summed E-state index contributed by atoms with van der Waals surface area (Å²) >= 11 is 5.96. The first kappa shape index (κ1) is 13.5. The molecule has 0 saturated heterocycles. The summed E-state index contributed by atoms with van der Waals surface area (Å²) in [5.41, 5.74) is 0.367. The summed E-state index contributed by atoms with van der Waals surface area (Å²) in [6, 6.07) is 0. The van der Waals surface area contributed by atoms with Crippen LogP contribution in [-0.2, 0) is 4.43 Å². The van der Waals surface area contributed by atoms with Crippen LogP contribution in [0.15, 0.2) is 0 Å². The molecule has 1 nitrogen and oxygen atoms in total. The molecule has 90 valence electrons. The van der Waals surface area contributed by atoms with E-state index in [-0.39, 0.29) is 11.0 Å². The third-order valence-corrected chi connectivity index (χ3v) is 5.60. The Morgan fingerprint density at radius 3 is 2.27 bits per heavy atom. The molecule has 1 fully saturated rings. The average Bonchev–Trinajstić information content (AvgIpc) is 2.21. The summed E-state index contributed by atoms with van der Waals surface area (Å²) in [6.45, 7) is 4.68. The van der Waals surface area contributed by atoms with Gasteiger partial charge in [0.25, 0.3) is 0 Å². The molecule has 0 radical (unpaired) electrons. The van der Waals surface area contributed by atoms with E-state index in [0.29, 0.717) is 0 Å². The summed E-state index contributed by atoms with van der Waals surface area (Å²) in [7, 11) is 0.837. The number of hydrogen-bond donors (Lipinski definition) is 0. The Kier molecular flexibility index (Phi) is 5.14. The smallest absolute Gasteiger partial charge is 0.146 e. The lowest BCUT2D eigenvalue weighted by Crippen LogP contribution is -2.47. The van der Waals surface area contributed by atoms with Crippen molar-refractivity contribution >= 4 is 22.1 Å². The standard InChI is InChI=1S/C12H25ClOSi/c1-11(9-10-13)7-5-3-4-6-8-12(11,2)14-15/h3-10H2,1-2,15H3. The van der Waals surface area contributed by atoms with Crippen molar-refractivity contribution < 1.29 is 4.43 Å². The molecule has 2 unspecified atom stereocenters. The normalized spacial score (nSPS) is 38.6. The number of hydrogen-bond acceptors (Lipinski definition) is 1. The minimum Gasteiger partial charge on any atom is -0.422 e. The van der Waals surface area contributed by atoms with Crippen LogP contribution in [-0.4, -0.2) is 22.0 Å². The summed E-state index contributed by atoms with van der Waals surface area (Å²) in [5.74, 6) is 0.761. The molecule has 1 saturated carbocycles. The van der Waals surface area contributed by atoms with E-state index in [9.17, 15) is 0 Å². The maximum Gasteiger partial charge on any atom is 0.146 e. The second kappa shape index (κ2) is 5.69. The van der Waals surface area contributed by atoms with Crippen molar-refractivity contribution in [1.82, 2.24) is 0 Å². The first-order valence-electron chi connectivity index (χ1n) is 6.19. The van der Waals surface area contributed by atoms with Gasteiger partial charge in [-0.3, -0.25) is 0 Å². The van der Waals surface area contributed by atoms with Crippen molar-refractivity contribution in [2.75, 3.05) is 5.88 Å². The van der Waals surface area contributed by atoms with Crippen LogP contribution >= 0.6 is 11.6 Å². The highest BCUT2D eigenvalue weighted by molar-refractivity contribution is 6.17. The van der Waals surface area contributed by atoms with Crippen molar-refractivity contribution in [2.24, 2.45) is 5.41 Å². The summed E-state index contributed by atoms with van der Waals surface area (Å²) in [5, 5.41) is 0. The topological polar surface area (TPSA) is 9.23 Å². The van der Waals surface area contributed by atoms with Gasteiger partial charge in [0.1, 0.15) is 10.5 Å². The van der Waals surface area contributed by atoms with Gasteiger partial charge in [-0.2, -0.15) is 0 Å². The van der Waals surface area contributed by atoms with Gasteiger partial charge in [0.05, 0.1) is 5.60 Å². The predicted molar refractivity (Wildman–Crippen MR) is 70.6 cm³/mol. The van der Waals surface area contributed by atoms with E-state index < -0.39 is 0 Å². The zero-order valence-electron chi connectivity index (χ0n) is 10.4. The Hall–Kier alpha value is 0.467. The molecule has 3 heteroatoms. The Morgan fingerprint density at radius 2 is 1.73 bits per heavy atom. The van der Waals surface area contributed by atoms with Gasteiger partial charge < -0.3 is 4.43 Å². The largest absolute Gasteiger partial charge is 0.422 e. The lowest BCUT2D eigenvalue weighted by Gasteiger charge is -2.47. The fraction of sp³-hybridized carbons (Fsp3) is 1.00. The first-order chi connectivity index (χ1) is 7.08. The molecule has 1 aliphatic carbocycles. The molecule has 1 rings (SSSR count). The summed E-state index contributed by atoms with van der Waals surface area (Å²) in [4.78, 5) is 0. The zero-order chi connectivity index (χ0) is 11.4. The quantitative estimate of drug-likeness (QED) is 0.551. The van der Waals surface area contributed by atoms with Crippen LogP contribution in [0.4, 0.5) is 0 Å². The SMILES string of the molecule is CC1(CCCl)CCCCCCC1(C)O[SiH3]. The van der Waals surface area contributed by atoms with E-state index in [1.807, 2.05) is 0 Å². The number of rotatable bonds is 3. The lowest BCUT2D eigenvalue weighted by atomic mass is 9.66. The minimum absolute atomic E-state index is 0.0779. The fourth-order valence-corrected chi connectivity index (χ4v) is 3.96. The molecular formula is C12H25ClOSi. The second-order valence-corrected chi connectivity index (χ2v) is 6.14. The van der Waals surface area contributed by atoms with Crippen LogP contribution in [0.2, 0.25) is 0 Å². The van der Waals surface area contributed by atoms with Gasteiger partial charge in [0, 0.05) is 5.88 Å². The van der Waals surface area contributed by atoms with Gasteiger partial charge >= 0.3 is 0 Å². The minimum atomic E-state index is 0.0779. The molecule has 0 spiro atoms. The van der Waals surface area contributed by atoms with Crippen molar-refractivity contribution in [2.45, 2.75) is 64.4 Å². The maximum atomic E-state index is 5.96. The third kappa shape index (κ3) is 2.98. The monoisotopic (exact) mass is 248 g/mol. The second-order valence-electron chi connectivity index (χ2n) is 5.35. The molecule has 0 aromatic rings. The van der Waals surface area contributed by atoms with E-state index in [0.717, 1.165) is 22.8 Å². The summed E-state index contributed by atoms with van der Waals surface area (Å²) in [6.07, 6.45) is 8.99. The van der Waals surface area contributed by atoms with Gasteiger partial charge in [-0.05, 0) is 31.6 Å². The van der Waals surface area contributed by atoms with Gasteiger partial charge in [0.2, 0.25) is 0 Å². The third-order valence-electron chi connectivity index (χ3n) is 4.51. The molecule has 0 aromatic carbocycles. The maximum absolute atomic E-state index is 5.96. The fourth-order valence-electron chi connectivity index (χ4n) is 2.84. The average molecular weight is 249 g/mol. The molecule has 0 bridgehead atoms. The zero-order valence-corrected chi connectivity index (χ0v) is 13.2. The van der Waals surface area contributed by atoms with Crippen molar-refractivity contribution in [1.29, 1.82) is 0 Å². The van der Waals surface area contributed by atoms with E-state index in [4.69, 9.17) is 16.0 Å². The van der Waals surface area contributed by atoms with Crippen LogP contribution in [0.5, 0.6) is 0 Å². The number of halogens is 1. The van der Waals surface area contributed by atoms with Gasteiger partial charge in [-0.25, -0.2) is 0 Å². The molecule has 0 aliphatic heterocycles. The predicted octanol–water partition coefficient (Wildman–Crippen LogP) is 3.03. The Balaban J connectivity index is 2.81. The van der Waals surface area contributed by atoms with Crippen LogP contribution < -0.4 is 0 Å². The Bertz CT molecular complexity index is 200. The van der Waals surface area contributed by atoms with Crippen molar-refractivity contribution in [3.63, 3.8) is 0 Å². The molecule has 0 amide bonds. The highest BCUT2D eigenvalue weighted by Crippen LogP contribution is 2.46. The van der Waals surface area contributed by atoms with Crippen LogP contribution in [0.25, 0.3) is 0 Å². The van der Waals surface area contributed by atoms with E-state index in [1.165, 1.54) is 38.5 Å². The Labute approximate surface area is 102 Å². The molecule has 0 N–H and O–H groups in total. The molecular weight excluding hydrogens is 224 g/mol.